The fourth-order valence-corrected chi connectivity index (χ4v) is 3.31. The molecule has 0 bridgehead atoms. The maximum atomic E-state index is 11.5. The summed E-state index contributed by atoms with van der Waals surface area (Å²) < 4.78 is 5.54. The second-order valence-corrected chi connectivity index (χ2v) is 7.44. The van der Waals surface area contributed by atoms with Crippen LogP contribution in [-0.2, 0) is 9.53 Å². The van der Waals surface area contributed by atoms with E-state index >= 15 is 0 Å². The lowest BCUT2D eigenvalue weighted by Crippen LogP contribution is -2.16. The molecule has 0 saturated heterocycles. The summed E-state index contributed by atoms with van der Waals surface area (Å²) in [5, 5.41) is 0. The van der Waals surface area contributed by atoms with Gasteiger partial charge in [-0.3, -0.25) is 0 Å². The third kappa shape index (κ3) is 17.8. The summed E-state index contributed by atoms with van der Waals surface area (Å²) in [6.07, 6.45) is 23.2. The Hall–Kier alpha value is -0.790. The quantitative estimate of drug-likeness (QED) is 0.135. The van der Waals surface area contributed by atoms with Crippen molar-refractivity contribution in [3.05, 3.63) is 12.7 Å². The van der Waals surface area contributed by atoms with Crippen LogP contribution in [0.2, 0.25) is 0 Å². The van der Waals surface area contributed by atoms with Crippen molar-refractivity contribution in [2.45, 2.75) is 129 Å². The number of esters is 1. The second-order valence-electron chi connectivity index (χ2n) is 7.44. The van der Waals surface area contributed by atoms with Gasteiger partial charge in [-0.2, -0.15) is 0 Å². The maximum absolute atomic E-state index is 11.5. The molecular formula is C23H44O2. The van der Waals surface area contributed by atoms with Crippen molar-refractivity contribution < 1.29 is 9.53 Å². The van der Waals surface area contributed by atoms with Crippen LogP contribution < -0.4 is 0 Å². The summed E-state index contributed by atoms with van der Waals surface area (Å²) in [6, 6.07) is 0. The molecule has 25 heavy (non-hydrogen) atoms. The van der Waals surface area contributed by atoms with Gasteiger partial charge in [-0.05, 0) is 25.7 Å². The number of ether oxygens (including phenoxy) is 1. The van der Waals surface area contributed by atoms with Crippen molar-refractivity contribution in [1.29, 1.82) is 0 Å². The fraction of sp³-hybridized carbons (Fsp3) is 0.870. The molecule has 0 aliphatic rings. The molecular weight excluding hydrogens is 308 g/mol. The van der Waals surface area contributed by atoms with Crippen LogP contribution in [0.1, 0.15) is 123 Å². The van der Waals surface area contributed by atoms with Crippen molar-refractivity contribution in [3.63, 3.8) is 0 Å². The molecule has 1 atom stereocenters. The Kier molecular flexibility index (Phi) is 18.9. The Balaban J connectivity index is 3.72. The molecule has 1 unspecified atom stereocenters. The second kappa shape index (κ2) is 19.5. The molecule has 0 rings (SSSR count). The van der Waals surface area contributed by atoms with E-state index in [0.717, 1.165) is 12.8 Å². The van der Waals surface area contributed by atoms with Crippen molar-refractivity contribution in [2.75, 3.05) is 0 Å². The molecule has 148 valence electrons. The van der Waals surface area contributed by atoms with Gasteiger partial charge in [-0.25, -0.2) is 4.79 Å². The molecule has 0 aliphatic heterocycles. The first-order valence-electron chi connectivity index (χ1n) is 11.1. The standard InChI is InChI=1S/C23H44O2/c1-4-7-9-11-13-14-15-17-19-21-22(25-23(24)6-3)20-18-16-12-10-8-5-2/h6,22H,3-5,7-21H2,1-2H3. The van der Waals surface area contributed by atoms with E-state index in [0.29, 0.717) is 0 Å². The predicted octanol–water partition coefficient (Wildman–Crippen LogP) is 7.76. The Morgan fingerprint density at radius 2 is 1.08 bits per heavy atom. The third-order valence-corrected chi connectivity index (χ3v) is 4.96. The number of unbranched alkanes of at least 4 members (excludes halogenated alkanes) is 13. The Morgan fingerprint density at radius 1 is 0.720 bits per heavy atom. The molecule has 0 aromatic heterocycles. The highest BCUT2D eigenvalue weighted by atomic mass is 16.5. The first-order valence-corrected chi connectivity index (χ1v) is 11.1. The zero-order valence-electron chi connectivity index (χ0n) is 17.2. The monoisotopic (exact) mass is 352 g/mol. The summed E-state index contributed by atoms with van der Waals surface area (Å²) in [5.74, 6) is -0.257. The Bertz CT molecular complexity index is 298. The van der Waals surface area contributed by atoms with Gasteiger partial charge in [0.15, 0.2) is 0 Å². The molecule has 0 radical (unpaired) electrons. The van der Waals surface area contributed by atoms with Gasteiger partial charge in [0.25, 0.3) is 0 Å². The molecule has 0 aromatic carbocycles. The van der Waals surface area contributed by atoms with E-state index in [1.807, 2.05) is 0 Å². The normalized spacial score (nSPS) is 12.1. The lowest BCUT2D eigenvalue weighted by atomic mass is 10.0. The molecule has 0 aliphatic carbocycles. The topological polar surface area (TPSA) is 26.3 Å². The van der Waals surface area contributed by atoms with Gasteiger partial charge >= 0.3 is 5.97 Å². The van der Waals surface area contributed by atoms with Crippen molar-refractivity contribution in [3.8, 4) is 0 Å². The summed E-state index contributed by atoms with van der Waals surface area (Å²) in [5.41, 5.74) is 0. The van der Waals surface area contributed by atoms with E-state index < -0.39 is 0 Å². The van der Waals surface area contributed by atoms with Crippen LogP contribution >= 0.6 is 0 Å². The molecule has 0 amide bonds. The molecule has 0 saturated carbocycles. The average Bonchev–Trinajstić information content (AvgIpc) is 2.62. The van der Waals surface area contributed by atoms with Crippen LogP contribution in [0.5, 0.6) is 0 Å². The Morgan fingerprint density at radius 3 is 1.44 bits per heavy atom. The number of hydrogen-bond donors (Lipinski definition) is 0. The van der Waals surface area contributed by atoms with Gasteiger partial charge in [-0.15, -0.1) is 0 Å². The number of rotatable bonds is 19. The molecule has 0 spiro atoms. The van der Waals surface area contributed by atoms with Crippen molar-refractivity contribution >= 4 is 5.97 Å². The predicted molar refractivity (Wildman–Crippen MR) is 110 cm³/mol. The minimum atomic E-state index is -0.257. The summed E-state index contributed by atoms with van der Waals surface area (Å²) in [6.45, 7) is 8.03. The van der Waals surface area contributed by atoms with Gasteiger partial charge in [0.05, 0.1) is 0 Å². The van der Waals surface area contributed by atoms with Crippen LogP contribution in [0.4, 0.5) is 0 Å². The minimum absolute atomic E-state index is 0.0984. The summed E-state index contributed by atoms with van der Waals surface area (Å²) in [7, 11) is 0. The molecule has 2 heteroatoms. The van der Waals surface area contributed by atoms with Crippen molar-refractivity contribution in [1.82, 2.24) is 0 Å². The molecule has 0 N–H and O–H groups in total. The summed E-state index contributed by atoms with van der Waals surface area (Å²) in [4.78, 5) is 11.5. The molecule has 0 fully saturated rings. The highest BCUT2D eigenvalue weighted by molar-refractivity contribution is 5.81. The zero-order chi connectivity index (χ0) is 18.6. The first kappa shape index (κ1) is 24.2. The number of hydrogen-bond acceptors (Lipinski definition) is 2. The van der Waals surface area contributed by atoms with Crippen LogP contribution in [0.15, 0.2) is 12.7 Å². The van der Waals surface area contributed by atoms with E-state index in [4.69, 9.17) is 4.74 Å². The lowest BCUT2D eigenvalue weighted by Gasteiger charge is -2.17. The van der Waals surface area contributed by atoms with Gasteiger partial charge < -0.3 is 4.74 Å². The van der Waals surface area contributed by atoms with Crippen LogP contribution in [-0.4, -0.2) is 12.1 Å². The smallest absolute Gasteiger partial charge is 0.330 e. The van der Waals surface area contributed by atoms with E-state index in [-0.39, 0.29) is 12.1 Å². The first-order chi connectivity index (χ1) is 12.2. The third-order valence-electron chi connectivity index (χ3n) is 4.96. The average molecular weight is 353 g/mol. The maximum Gasteiger partial charge on any atom is 0.330 e. The lowest BCUT2D eigenvalue weighted by molar-refractivity contribution is -0.143. The van der Waals surface area contributed by atoms with Gasteiger partial charge in [0, 0.05) is 6.08 Å². The summed E-state index contributed by atoms with van der Waals surface area (Å²) >= 11 is 0. The van der Waals surface area contributed by atoms with Crippen LogP contribution in [0, 0.1) is 0 Å². The van der Waals surface area contributed by atoms with Crippen LogP contribution in [0.25, 0.3) is 0 Å². The van der Waals surface area contributed by atoms with E-state index in [2.05, 4.69) is 20.4 Å². The van der Waals surface area contributed by atoms with E-state index in [1.165, 1.54) is 102 Å². The van der Waals surface area contributed by atoms with Crippen LogP contribution in [0.3, 0.4) is 0 Å². The molecule has 0 aromatic rings. The van der Waals surface area contributed by atoms with Gasteiger partial charge in [0.2, 0.25) is 0 Å². The van der Waals surface area contributed by atoms with Gasteiger partial charge in [0.1, 0.15) is 6.10 Å². The highest BCUT2D eigenvalue weighted by Gasteiger charge is 2.12. The molecule has 0 heterocycles. The minimum Gasteiger partial charge on any atom is -0.459 e. The number of carbonyl (C=O) groups is 1. The molecule has 2 nitrogen and oxygen atoms in total. The largest absolute Gasteiger partial charge is 0.459 e. The van der Waals surface area contributed by atoms with E-state index in [1.54, 1.807) is 0 Å². The van der Waals surface area contributed by atoms with E-state index in [9.17, 15) is 4.79 Å². The SMILES string of the molecule is C=CC(=O)OC(CCCCCCCC)CCCCCCCCCCC. The number of carbonyl (C=O) groups excluding carboxylic acids is 1. The van der Waals surface area contributed by atoms with Gasteiger partial charge in [-0.1, -0.05) is 104 Å². The Labute approximate surface area is 157 Å². The highest BCUT2D eigenvalue weighted by Crippen LogP contribution is 2.17. The fourth-order valence-electron chi connectivity index (χ4n) is 3.31. The van der Waals surface area contributed by atoms with Crippen molar-refractivity contribution in [2.24, 2.45) is 0 Å². The zero-order valence-corrected chi connectivity index (χ0v) is 17.2.